The number of piperidine rings is 2. The van der Waals surface area contributed by atoms with Gasteiger partial charge >= 0.3 is 0 Å². The fourth-order valence-corrected chi connectivity index (χ4v) is 4.87. The third-order valence-corrected chi connectivity index (χ3v) is 7.04. The van der Waals surface area contributed by atoms with E-state index < -0.39 is 0 Å². The Hall–Kier alpha value is -1.95. The van der Waals surface area contributed by atoms with Gasteiger partial charge in [0.15, 0.2) is 0 Å². The average Bonchev–Trinajstić information content (AvgIpc) is 2.79. The Bertz CT molecular complexity index is 716. The Morgan fingerprint density at radius 1 is 1.06 bits per heavy atom. The first-order chi connectivity index (χ1) is 14.9. The molecule has 1 aromatic rings. The van der Waals surface area contributed by atoms with Crippen LogP contribution in [-0.4, -0.2) is 72.8 Å². The quantitative estimate of drug-likeness (QED) is 0.630. The number of hydrogen-bond acceptors (Lipinski definition) is 3. The second kappa shape index (κ2) is 11.6. The summed E-state index contributed by atoms with van der Waals surface area (Å²) in [6, 6.07) is 6.89. The van der Waals surface area contributed by atoms with Gasteiger partial charge in [-0.15, -0.1) is 0 Å². The van der Waals surface area contributed by atoms with Gasteiger partial charge in [-0.25, -0.2) is 4.39 Å². The van der Waals surface area contributed by atoms with Crippen LogP contribution in [0.25, 0.3) is 0 Å². The molecule has 1 atom stereocenters. The van der Waals surface area contributed by atoms with E-state index in [4.69, 9.17) is 0 Å². The summed E-state index contributed by atoms with van der Waals surface area (Å²) in [6.07, 6.45) is 7.80. The number of amides is 2. The Labute approximate surface area is 186 Å². The van der Waals surface area contributed by atoms with Crippen molar-refractivity contribution >= 4 is 11.8 Å². The second-order valence-corrected chi connectivity index (χ2v) is 9.41. The molecule has 0 N–H and O–H groups in total. The van der Waals surface area contributed by atoms with E-state index in [-0.39, 0.29) is 17.6 Å². The lowest BCUT2D eigenvalue weighted by molar-refractivity contribution is -0.133. The van der Waals surface area contributed by atoms with Gasteiger partial charge in [0.25, 0.3) is 0 Å². The average molecular weight is 432 g/mol. The predicted octanol–water partition coefficient (Wildman–Crippen LogP) is 3.72. The Balaban J connectivity index is 1.36. The zero-order valence-corrected chi connectivity index (χ0v) is 19.2. The molecule has 0 spiro atoms. The zero-order valence-electron chi connectivity index (χ0n) is 19.2. The summed E-state index contributed by atoms with van der Waals surface area (Å²) < 4.78 is 13.0. The van der Waals surface area contributed by atoms with E-state index in [2.05, 4.69) is 11.9 Å². The van der Waals surface area contributed by atoms with Gasteiger partial charge in [-0.2, -0.15) is 0 Å². The molecule has 1 aromatic carbocycles. The number of rotatable bonds is 8. The van der Waals surface area contributed by atoms with Crippen LogP contribution in [0.5, 0.6) is 0 Å². The number of hydrogen-bond donors (Lipinski definition) is 0. The van der Waals surface area contributed by atoms with Crippen LogP contribution in [0.15, 0.2) is 24.3 Å². The van der Waals surface area contributed by atoms with Crippen LogP contribution >= 0.6 is 0 Å². The van der Waals surface area contributed by atoms with Gasteiger partial charge in [0.1, 0.15) is 5.82 Å². The van der Waals surface area contributed by atoms with Crippen LogP contribution in [0.3, 0.4) is 0 Å². The molecule has 6 heteroatoms. The topological polar surface area (TPSA) is 43.9 Å². The van der Waals surface area contributed by atoms with Gasteiger partial charge in [-0.05, 0) is 88.7 Å². The van der Waals surface area contributed by atoms with Crippen molar-refractivity contribution in [2.45, 2.75) is 63.8 Å². The lowest BCUT2D eigenvalue weighted by Crippen LogP contribution is -2.44. The molecule has 172 valence electrons. The second-order valence-electron chi connectivity index (χ2n) is 9.41. The molecule has 2 fully saturated rings. The number of benzene rings is 1. The zero-order chi connectivity index (χ0) is 22.2. The largest absolute Gasteiger partial charge is 0.343 e. The molecular formula is C25H38FN3O2. The van der Waals surface area contributed by atoms with Crippen molar-refractivity contribution < 1.29 is 14.0 Å². The van der Waals surface area contributed by atoms with E-state index in [9.17, 15) is 14.0 Å². The highest BCUT2D eigenvalue weighted by Crippen LogP contribution is 2.23. The van der Waals surface area contributed by atoms with E-state index in [0.29, 0.717) is 24.8 Å². The predicted molar refractivity (Wildman–Crippen MR) is 121 cm³/mol. The van der Waals surface area contributed by atoms with Crippen LogP contribution in [0.2, 0.25) is 0 Å². The van der Waals surface area contributed by atoms with Gasteiger partial charge in [0.2, 0.25) is 11.8 Å². The number of carbonyl (C=O) groups is 2. The molecule has 31 heavy (non-hydrogen) atoms. The molecule has 2 amide bonds. The van der Waals surface area contributed by atoms with E-state index >= 15 is 0 Å². The molecule has 0 saturated carbocycles. The number of halogens is 1. The van der Waals surface area contributed by atoms with E-state index in [0.717, 1.165) is 76.7 Å². The first kappa shape index (κ1) is 23.7. The van der Waals surface area contributed by atoms with Crippen molar-refractivity contribution in [2.75, 3.05) is 40.3 Å². The maximum Gasteiger partial charge on any atom is 0.222 e. The molecule has 0 aliphatic carbocycles. The van der Waals surface area contributed by atoms with Crippen LogP contribution in [0, 0.1) is 11.7 Å². The molecule has 0 aromatic heterocycles. The van der Waals surface area contributed by atoms with Gasteiger partial charge in [-0.3, -0.25) is 9.59 Å². The SMILES string of the molecule is CN1CCC(N(C)C(=O)CC[C@H]2CCCN(C(=O)CCCc3ccc(F)cc3)C2)CC1. The standard InChI is InChI=1S/C25H38FN3O2/c1-27-17-14-23(15-18-27)28(2)24(30)13-10-21-6-4-16-29(19-21)25(31)7-3-5-20-8-11-22(26)12-9-20/h8-9,11-12,21,23H,3-7,10,13-19H2,1-2H3/t21-/m1/s1. The lowest BCUT2D eigenvalue weighted by Gasteiger charge is -2.36. The Kier molecular flexibility index (Phi) is 8.88. The number of likely N-dealkylation sites (tertiary alicyclic amines) is 2. The summed E-state index contributed by atoms with van der Waals surface area (Å²) in [4.78, 5) is 31.6. The molecule has 3 rings (SSSR count). The Morgan fingerprint density at radius 2 is 1.77 bits per heavy atom. The third kappa shape index (κ3) is 7.30. The normalized spacial score (nSPS) is 20.6. The summed E-state index contributed by atoms with van der Waals surface area (Å²) in [7, 11) is 4.09. The molecule has 5 nitrogen and oxygen atoms in total. The number of carbonyl (C=O) groups excluding carboxylic acids is 2. The van der Waals surface area contributed by atoms with Gasteiger partial charge < -0.3 is 14.7 Å². The van der Waals surface area contributed by atoms with Crippen LogP contribution in [0.4, 0.5) is 4.39 Å². The van der Waals surface area contributed by atoms with E-state index in [1.54, 1.807) is 12.1 Å². The van der Waals surface area contributed by atoms with Crippen molar-refractivity contribution in [3.8, 4) is 0 Å². The van der Waals surface area contributed by atoms with Crippen LogP contribution in [0.1, 0.15) is 56.9 Å². The number of nitrogens with zero attached hydrogens (tertiary/aromatic N) is 3. The monoisotopic (exact) mass is 431 g/mol. The summed E-state index contributed by atoms with van der Waals surface area (Å²) in [5.41, 5.74) is 1.07. The lowest BCUT2D eigenvalue weighted by atomic mass is 9.92. The van der Waals surface area contributed by atoms with Gasteiger partial charge in [0.05, 0.1) is 0 Å². The Morgan fingerprint density at radius 3 is 2.48 bits per heavy atom. The van der Waals surface area contributed by atoms with Crippen LogP contribution < -0.4 is 0 Å². The van der Waals surface area contributed by atoms with Crippen molar-refractivity contribution in [3.63, 3.8) is 0 Å². The summed E-state index contributed by atoms with van der Waals surface area (Å²) >= 11 is 0. The summed E-state index contributed by atoms with van der Waals surface area (Å²) in [5, 5.41) is 0. The highest BCUT2D eigenvalue weighted by Gasteiger charge is 2.27. The van der Waals surface area contributed by atoms with Gasteiger partial charge in [0, 0.05) is 39.0 Å². The maximum atomic E-state index is 13.0. The minimum Gasteiger partial charge on any atom is -0.343 e. The molecule has 2 saturated heterocycles. The van der Waals surface area contributed by atoms with Crippen molar-refractivity contribution in [1.82, 2.24) is 14.7 Å². The fraction of sp³-hybridized carbons (Fsp3) is 0.680. The number of aryl methyl sites for hydroxylation is 1. The molecule has 0 bridgehead atoms. The highest BCUT2D eigenvalue weighted by atomic mass is 19.1. The highest BCUT2D eigenvalue weighted by molar-refractivity contribution is 5.77. The first-order valence-electron chi connectivity index (χ1n) is 11.9. The van der Waals surface area contributed by atoms with Crippen molar-refractivity contribution in [1.29, 1.82) is 0 Å². The molecule has 2 aliphatic heterocycles. The minimum atomic E-state index is -0.227. The molecule has 0 radical (unpaired) electrons. The first-order valence-corrected chi connectivity index (χ1v) is 11.9. The molecule has 2 heterocycles. The van der Waals surface area contributed by atoms with E-state index in [1.807, 2.05) is 16.8 Å². The van der Waals surface area contributed by atoms with Crippen molar-refractivity contribution in [3.05, 3.63) is 35.6 Å². The summed E-state index contributed by atoms with van der Waals surface area (Å²) in [6.45, 7) is 3.72. The van der Waals surface area contributed by atoms with E-state index in [1.165, 1.54) is 12.1 Å². The van der Waals surface area contributed by atoms with Crippen molar-refractivity contribution in [2.24, 2.45) is 5.92 Å². The minimum absolute atomic E-state index is 0.210. The third-order valence-electron chi connectivity index (χ3n) is 7.04. The molecular weight excluding hydrogens is 393 g/mol. The van der Waals surface area contributed by atoms with Gasteiger partial charge in [-0.1, -0.05) is 12.1 Å². The molecule has 2 aliphatic rings. The smallest absolute Gasteiger partial charge is 0.222 e. The maximum absolute atomic E-state index is 13.0. The fourth-order valence-electron chi connectivity index (χ4n) is 4.87. The summed E-state index contributed by atoms with van der Waals surface area (Å²) in [5.74, 6) is 0.652. The van der Waals surface area contributed by atoms with Crippen LogP contribution in [-0.2, 0) is 16.0 Å². The molecule has 0 unspecified atom stereocenters.